The van der Waals surface area contributed by atoms with E-state index in [0.29, 0.717) is 5.75 Å². The number of pyridine rings is 1. The molecule has 11 rings (SSSR count). The number of anilines is 4. The van der Waals surface area contributed by atoms with E-state index in [1.54, 1.807) is 0 Å². The second-order valence-corrected chi connectivity index (χ2v) is 18.4. The summed E-state index contributed by atoms with van der Waals surface area (Å²) < 4.78 is 11.3. The molecule has 0 aliphatic carbocycles. The summed E-state index contributed by atoms with van der Waals surface area (Å²) in [5.74, 6) is 2.32. The minimum absolute atomic E-state index is 0.0688. The Morgan fingerprint density at radius 3 is 1.82 bits per heavy atom. The van der Waals surface area contributed by atoms with E-state index in [-0.39, 0.29) is 12.4 Å². The molecule has 8 aromatic carbocycles. The molecule has 10 aromatic rings. The maximum absolute atomic E-state index is 6.92. The molecule has 0 spiro atoms. The van der Waals surface area contributed by atoms with E-state index in [1.165, 1.54) is 22.2 Å². The number of aryl methyl sites for hydroxylation is 2. The van der Waals surface area contributed by atoms with Crippen molar-refractivity contribution < 1.29 is 9.30 Å². The molecule has 6 nitrogen and oxygen atoms in total. The topological polar surface area (TPSA) is 37.4 Å². The summed E-state index contributed by atoms with van der Waals surface area (Å²) in [5, 5.41) is 0. The lowest BCUT2D eigenvalue weighted by Crippen LogP contribution is -2.55. The minimum Gasteiger partial charge on any atom is -0.458 e. The monoisotopic (exact) mass is 867 g/mol. The zero-order valence-electron chi connectivity index (χ0n) is 38.4. The van der Waals surface area contributed by atoms with E-state index in [1.807, 2.05) is 12.3 Å². The summed E-state index contributed by atoms with van der Waals surface area (Å²) in [6.07, 6.45) is 5.76. The van der Waals surface area contributed by atoms with Crippen LogP contribution in [0.2, 0.25) is 0 Å². The smallest absolute Gasteiger partial charge is 0.422 e. The first-order valence-electron chi connectivity index (χ1n) is 23.0. The summed E-state index contributed by atoms with van der Waals surface area (Å²) in [6.45, 7) is 11.0. The number of fused-ring (bicyclic) bond motifs is 2. The van der Waals surface area contributed by atoms with Crippen LogP contribution >= 0.6 is 0 Å². The quantitative estimate of drug-likeness (QED) is 0.0823. The van der Waals surface area contributed by atoms with Crippen molar-refractivity contribution in [2.75, 3.05) is 9.62 Å². The van der Waals surface area contributed by atoms with Gasteiger partial charge in [0.2, 0.25) is 0 Å². The summed E-state index contributed by atoms with van der Waals surface area (Å²) in [4.78, 5) is 9.94. The molecule has 3 heterocycles. The van der Waals surface area contributed by atoms with E-state index in [0.717, 1.165) is 73.3 Å². The predicted molar refractivity (Wildman–Crippen MR) is 276 cm³/mol. The van der Waals surface area contributed by atoms with Gasteiger partial charge in [0.05, 0.1) is 33.8 Å². The van der Waals surface area contributed by atoms with Gasteiger partial charge in [-0.05, 0) is 107 Å². The first-order valence-corrected chi connectivity index (χ1v) is 23.0. The molecule has 0 unspecified atom stereocenters. The van der Waals surface area contributed by atoms with E-state index >= 15 is 0 Å². The number of benzene rings is 8. The van der Waals surface area contributed by atoms with E-state index in [4.69, 9.17) is 9.72 Å². The van der Waals surface area contributed by atoms with Gasteiger partial charge in [0, 0.05) is 18.0 Å². The highest BCUT2D eigenvalue weighted by Crippen LogP contribution is 2.48. The first kappa shape index (κ1) is 41.5. The Morgan fingerprint density at radius 1 is 0.537 bits per heavy atom. The molecular weight excluding hydrogens is 818 g/mol. The molecule has 0 saturated heterocycles. The van der Waals surface area contributed by atoms with Gasteiger partial charge in [-0.25, -0.2) is 4.98 Å². The zero-order valence-corrected chi connectivity index (χ0v) is 38.4. The lowest BCUT2D eigenvalue weighted by atomic mass is 9.61. The maximum Gasteiger partial charge on any atom is 0.422 e. The third-order valence-corrected chi connectivity index (χ3v) is 13.0. The lowest BCUT2D eigenvalue weighted by Gasteiger charge is -2.32. The van der Waals surface area contributed by atoms with Crippen molar-refractivity contribution in [3.8, 4) is 45.1 Å². The molecule has 1 aliphatic rings. The third kappa shape index (κ3) is 7.62. The molecule has 1 aliphatic heterocycles. The highest BCUT2D eigenvalue weighted by molar-refractivity contribution is 6.85. The van der Waals surface area contributed by atoms with Crippen molar-refractivity contribution in [2.24, 2.45) is 0 Å². The van der Waals surface area contributed by atoms with Crippen LogP contribution in [0.25, 0.3) is 44.7 Å². The van der Waals surface area contributed by atoms with Gasteiger partial charge in [-0.2, -0.15) is 0 Å². The summed E-state index contributed by atoms with van der Waals surface area (Å²) >= 11 is 0. The maximum atomic E-state index is 6.92. The molecule has 0 fully saturated rings. The fourth-order valence-corrected chi connectivity index (χ4v) is 9.69. The SMILES string of the molecule is Cc1cccc(C)c1B1N(c2ccccc2)c2ccc(Oc3cccc(-n4[c-][n+](-c5c(-c6ccccc6)cccc5-c5ccccc5)c5ccccc54)c3)cc2N1c1cc(C(C)(C)C)ccn1. The number of nitrogens with zero attached hydrogens (tertiary/aromatic N) is 5. The Bertz CT molecular complexity index is 3340. The van der Waals surface area contributed by atoms with Crippen molar-refractivity contribution in [3.63, 3.8) is 0 Å². The number of imidazole rings is 1. The standard InChI is InChI=1S/C60H50BN5O/c1-42-20-17-21-43(2)58(42)61-65(47-26-13-8-14-27-47)55-35-34-50(40-56(55)66(61)57-38-46(36-37-62-57)60(3,4)5)67-49-29-18-28-48(39-49)63-41-64(54-33-16-15-32-53(54)63)59-51(44-22-9-6-10-23-44)30-19-31-52(59)45-24-11-7-12-25-45/h6-40H,1-5H3. The highest BCUT2D eigenvalue weighted by atomic mass is 16.5. The Morgan fingerprint density at radius 2 is 1.13 bits per heavy atom. The van der Waals surface area contributed by atoms with Crippen molar-refractivity contribution in [1.29, 1.82) is 0 Å². The molecular formula is C60H50BN5O. The van der Waals surface area contributed by atoms with Crippen LogP contribution in [-0.2, 0) is 5.41 Å². The Hall–Kier alpha value is -8.16. The molecule has 0 amide bonds. The largest absolute Gasteiger partial charge is 0.458 e. The summed E-state index contributed by atoms with van der Waals surface area (Å²) in [5.41, 5.74) is 16.6. The normalized spacial score (nSPS) is 12.5. The number of hydrogen-bond donors (Lipinski definition) is 0. The van der Waals surface area contributed by atoms with Crippen LogP contribution < -0.4 is 24.4 Å². The number of ether oxygens (including phenoxy) is 1. The van der Waals surface area contributed by atoms with E-state index < -0.39 is 0 Å². The number of aromatic nitrogens is 3. The molecule has 0 N–H and O–H groups in total. The summed E-state index contributed by atoms with van der Waals surface area (Å²) in [7, 11) is 0. The van der Waals surface area contributed by atoms with Gasteiger partial charge in [-0.1, -0.05) is 177 Å². The van der Waals surface area contributed by atoms with Gasteiger partial charge in [0.15, 0.2) is 0 Å². The molecule has 0 bridgehead atoms. The minimum atomic E-state index is -0.210. The molecule has 0 saturated carbocycles. The van der Waals surface area contributed by atoms with Crippen molar-refractivity contribution >= 4 is 46.4 Å². The molecule has 2 aromatic heterocycles. The first-order chi connectivity index (χ1) is 32.7. The lowest BCUT2D eigenvalue weighted by molar-refractivity contribution is -0.571. The van der Waals surface area contributed by atoms with Crippen molar-refractivity contribution in [2.45, 2.75) is 40.0 Å². The molecule has 324 valence electrons. The van der Waals surface area contributed by atoms with Crippen LogP contribution in [0.3, 0.4) is 0 Å². The van der Waals surface area contributed by atoms with Gasteiger partial charge in [0.1, 0.15) is 17.3 Å². The fraction of sp³-hybridized carbons (Fsp3) is 0.100. The number of hydrogen-bond acceptors (Lipinski definition) is 4. The van der Waals surface area contributed by atoms with Gasteiger partial charge >= 0.3 is 6.98 Å². The third-order valence-electron chi connectivity index (χ3n) is 13.0. The zero-order chi connectivity index (χ0) is 45.6. The van der Waals surface area contributed by atoms with Crippen molar-refractivity contribution in [3.05, 3.63) is 235 Å². The second-order valence-electron chi connectivity index (χ2n) is 18.4. The van der Waals surface area contributed by atoms with Crippen LogP contribution in [0.5, 0.6) is 11.5 Å². The van der Waals surface area contributed by atoms with Gasteiger partial charge in [0.25, 0.3) is 6.33 Å². The Labute approximate surface area is 393 Å². The Balaban J connectivity index is 1.03. The van der Waals surface area contributed by atoms with Gasteiger partial charge in [-0.15, -0.1) is 0 Å². The molecule has 0 radical (unpaired) electrons. The van der Waals surface area contributed by atoms with Gasteiger partial charge in [-0.3, -0.25) is 9.13 Å². The van der Waals surface area contributed by atoms with Crippen LogP contribution in [-0.4, -0.2) is 16.5 Å². The molecule has 0 atom stereocenters. The van der Waals surface area contributed by atoms with Crippen LogP contribution in [0, 0.1) is 20.2 Å². The average molecular weight is 868 g/mol. The van der Waals surface area contributed by atoms with Crippen LogP contribution in [0.1, 0.15) is 37.5 Å². The fourth-order valence-electron chi connectivity index (χ4n) is 9.69. The highest BCUT2D eigenvalue weighted by Gasteiger charge is 2.46. The average Bonchev–Trinajstić information content (AvgIpc) is 3.90. The van der Waals surface area contributed by atoms with Crippen molar-refractivity contribution in [1.82, 2.24) is 9.55 Å². The van der Waals surface area contributed by atoms with Crippen LogP contribution in [0.4, 0.5) is 22.9 Å². The van der Waals surface area contributed by atoms with E-state index in [9.17, 15) is 0 Å². The molecule has 67 heavy (non-hydrogen) atoms. The predicted octanol–water partition coefficient (Wildman–Crippen LogP) is 13.8. The number of rotatable bonds is 9. The Kier molecular flexibility index (Phi) is 10.5. The summed E-state index contributed by atoms with van der Waals surface area (Å²) in [6, 6.07) is 72.7. The van der Waals surface area contributed by atoms with Crippen LogP contribution in [0.15, 0.2) is 212 Å². The number of para-hydroxylation sites is 4. The molecule has 7 heteroatoms. The second kappa shape index (κ2) is 17.0. The van der Waals surface area contributed by atoms with E-state index in [2.05, 4.69) is 260 Å². The van der Waals surface area contributed by atoms with Gasteiger partial charge < -0.3 is 14.4 Å².